The number of aliphatic hydroxyl groups excluding tert-OH is 1. The highest BCUT2D eigenvalue weighted by Crippen LogP contribution is 2.48. The van der Waals surface area contributed by atoms with Crippen molar-refractivity contribution in [2.24, 2.45) is 0 Å². The molecule has 5 rings (SSSR count). The normalized spacial score (nSPS) is 14.6. The summed E-state index contributed by atoms with van der Waals surface area (Å²) in [6.07, 6.45) is 4.61. The largest absolute Gasteiger partial charge is 0.508 e. The summed E-state index contributed by atoms with van der Waals surface area (Å²) in [4.78, 5) is 11.6. The molecule has 1 aliphatic rings. The van der Waals surface area contributed by atoms with Crippen molar-refractivity contribution in [3.8, 4) is 22.5 Å². The number of aliphatic hydroxyl groups is 1. The van der Waals surface area contributed by atoms with Crippen LogP contribution in [0.3, 0.4) is 0 Å². The van der Waals surface area contributed by atoms with Gasteiger partial charge in [0.15, 0.2) is 5.76 Å². The Morgan fingerprint density at radius 3 is 2.11 bits per heavy atom. The van der Waals surface area contributed by atoms with Gasteiger partial charge in [-0.2, -0.15) is 0 Å². The molecule has 1 fully saturated rings. The number of hydrogen-bond acceptors (Lipinski definition) is 4. The lowest BCUT2D eigenvalue weighted by molar-refractivity contribution is -0.140. The number of hydrogen-bond donors (Lipinski definition) is 2. The maximum Gasteiger partial charge on any atom is 0.314 e. The molecule has 0 spiro atoms. The second-order valence-electron chi connectivity index (χ2n) is 9.11. The minimum Gasteiger partial charge on any atom is -0.508 e. The van der Waals surface area contributed by atoms with Gasteiger partial charge >= 0.3 is 5.97 Å². The van der Waals surface area contributed by atoms with Crippen molar-refractivity contribution in [3.05, 3.63) is 107 Å². The zero-order valence-corrected chi connectivity index (χ0v) is 19.6. The first kappa shape index (κ1) is 22.7. The Bertz CT molecular complexity index is 1360. The molecule has 0 bridgehead atoms. The lowest BCUT2D eigenvalue weighted by Crippen LogP contribution is -2.19. The molecular formula is C30H27NO4. The topological polar surface area (TPSA) is 83.6 Å². The molecule has 0 amide bonds. The maximum absolute atomic E-state index is 11.6. The molecular weight excluding hydrogens is 438 g/mol. The first-order valence-corrected chi connectivity index (χ1v) is 11.8. The van der Waals surface area contributed by atoms with Crippen LogP contribution in [0.25, 0.3) is 28.2 Å². The van der Waals surface area contributed by atoms with E-state index in [4.69, 9.17) is 4.52 Å². The van der Waals surface area contributed by atoms with Gasteiger partial charge in [-0.25, -0.2) is 0 Å². The highest BCUT2D eigenvalue weighted by atomic mass is 16.5. The SMILES string of the molecule is Cc1noc(-c2ccc(-c3ccc(C4(C(=O)O)CC4)cc3)cc2)c1CC/C=C(\O)c1ccccc1. The van der Waals surface area contributed by atoms with Crippen molar-refractivity contribution < 1.29 is 19.5 Å². The van der Waals surface area contributed by atoms with Crippen molar-refractivity contribution in [1.29, 1.82) is 0 Å². The lowest BCUT2D eigenvalue weighted by atomic mass is 9.93. The molecule has 0 atom stereocenters. The Balaban J connectivity index is 1.31. The minimum absolute atomic E-state index is 0.271. The van der Waals surface area contributed by atoms with E-state index in [1.165, 1.54) is 0 Å². The molecule has 5 heteroatoms. The van der Waals surface area contributed by atoms with Gasteiger partial charge in [0.05, 0.1) is 11.1 Å². The molecule has 0 saturated heterocycles. The summed E-state index contributed by atoms with van der Waals surface area (Å²) >= 11 is 0. The third-order valence-electron chi connectivity index (χ3n) is 6.86. The van der Waals surface area contributed by atoms with Crippen LogP contribution in [0.15, 0.2) is 89.5 Å². The quantitative estimate of drug-likeness (QED) is 0.275. The van der Waals surface area contributed by atoms with Gasteiger partial charge in [-0.05, 0) is 55.4 Å². The molecule has 1 heterocycles. The fraction of sp³-hybridized carbons (Fsp3) is 0.200. The van der Waals surface area contributed by atoms with Gasteiger partial charge in [0.1, 0.15) is 5.76 Å². The van der Waals surface area contributed by atoms with E-state index >= 15 is 0 Å². The van der Waals surface area contributed by atoms with E-state index < -0.39 is 11.4 Å². The number of carboxylic acids is 1. The summed E-state index contributed by atoms with van der Waals surface area (Å²) < 4.78 is 5.66. The Morgan fingerprint density at radius 1 is 0.914 bits per heavy atom. The molecule has 3 aromatic carbocycles. The first-order valence-electron chi connectivity index (χ1n) is 11.8. The average molecular weight is 466 g/mol. The molecule has 0 aliphatic heterocycles. The summed E-state index contributed by atoms with van der Waals surface area (Å²) in [5.74, 6) is 0.278. The second kappa shape index (κ2) is 9.26. The van der Waals surface area contributed by atoms with Gasteiger partial charge in [0.2, 0.25) is 0 Å². The molecule has 35 heavy (non-hydrogen) atoms. The molecule has 5 nitrogen and oxygen atoms in total. The lowest BCUT2D eigenvalue weighted by Gasteiger charge is -2.11. The van der Waals surface area contributed by atoms with Gasteiger partial charge in [-0.1, -0.05) is 84.0 Å². The molecule has 1 aromatic heterocycles. The van der Waals surface area contributed by atoms with E-state index in [9.17, 15) is 15.0 Å². The van der Waals surface area contributed by atoms with E-state index in [0.717, 1.165) is 44.8 Å². The van der Waals surface area contributed by atoms with Crippen molar-refractivity contribution in [1.82, 2.24) is 5.16 Å². The fourth-order valence-corrected chi connectivity index (χ4v) is 4.54. The molecule has 1 saturated carbocycles. The second-order valence-corrected chi connectivity index (χ2v) is 9.11. The van der Waals surface area contributed by atoms with E-state index in [-0.39, 0.29) is 5.76 Å². The van der Waals surface area contributed by atoms with Crippen molar-refractivity contribution in [2.45, 2.75) is 38.0 Å². The summed E-state index contributed by atoms with van der Waals surface area (Å²) in [6.45, 7) is 1.93. The summed E-state index contributed by atoms with van der Waals surface area (Å²) in [5, 5.41) is 24.0. The number of aromatic nitrogens is 1. The van der Waals surface area contributed by atoms with Crippen LogP contribution in [0.2, 0.25) is 0 Å². The zero-order chi connectivity index (χ0) is 24.4. The highest BCUT2D eigenvalue weighted by molar-refractivity contribution is 5.85. The third kappa shape index (κ3) is 4.50. The van der Waals surface area contributed by atoms with Gasteiger partial charge in [-0.15, -0.1) is 0 Å². The van der Waals surface area contributed by atoms with Crippen molar-refractivity contribution >= 4 is 11.7 Å². The Morgan fingerprint density at radius 2 is 1.51 bits per heavy atom. The number of allylic oxidation sites excluding steroid dienone is 1. The maximum atomic E-state index is 11.6. The predicted octanol–water partition coefficient (Wildman–Crippen LogP) is 6.96. The third-order valence-corrected chi connectivity index (χ3v) is 6.86. The highest BCUT2D eigenvalue weighted by Gasteiger charge is 2.51. The van der Waals surface area contributed by atoms with Gasteiger partial charge in [0, 0.05) is 16.7 Å². The van der Waals surface area contributed by atoms with Crippen LogP contribution in [0, 0.1) is 6.92 Å². The van der Waals surface area contributed by atoms with Crippen LogP contribution < -0.4 is 0 Å². The van der Waals surface area contributed by atoms with E-state index in [2.05, 4.69) is 5.16 Å². The monoisotopic (exact) mass is 465 g/mol. The van der Waals surface area contributed by atoms with E-state index in [1.54, 1.807) is 0 Å². The van der Waals surface area contributed by atoms with E-state index in [1.807, 2.05) is 91.9 Å². The van der Waals surface area contributed by atoms with Gasteiger partial charge in [0.25, 0.3) is 0 Å². The Kier molecular flexibility index (Phi) is 6.00. The summed E-state index contributed by atoms with van der Waals surface area (Å²) in [7, 11) is 0. The van der Waals surface area contributed by atoms with Crippen LogP contribution in [-0.2, 0) is 16.6 Å². The summed E-state index contributed by atoms with van der Waals surface area (Å²) in [6, 6.07) is 25.4. The Labute approximate surface area is 204 Å². The predicted molar refractivity (Wildman–Crippen MR) is 136 cm³/mol. The van der Waals surface area contributed by atoms with Crippen LogP contribution in [0.5, 0.6) is 0 Å². The average Bonchev–Trinajstić information content (AvgIpc) is 3.63. The van der Waals surface area contributed by atoms with Crippen molar-refractivity contribution in [2.75, 3.05) is 0 Å². The molecule has 2 N–H and O–H groups in total. The molecule has 1 aliphatic carbocycles. The fourth-order valence-electron chi connectivity index (χ4n) is 4.54. The molecule has 4 aromatic rings. The number of nitrogens with zero attached hydrogens (tertiary/aromatic N) is 1. The number of carboxylic acid groups (broad SMARTS) is 1. The number of aliphatic carboxylic acids is 1. The van der Waals surface area contributed by atoms with Gasteiger partial charge in [-0.3, -0.25) is 4.79 Å². The number of benzene rings is 3. The van der Waals surface area contributed by atoms with Crippen LogP contribution in [-0.4, -0.2) is 21.3 Å². The van der Waals surface area contributed by atoms with E-state index in [0.29, 0.717) is 25.7 Å². The van der Waals surface area contributed by atoms with Crippen LogP contribution in [0.4, 0.5) is 0 Å². The standard InChI is InChI=1S/C30H27NO4/c1-20-26(8-5-9-27(32)23-6-3-2-4-7-23)28(35-31-20)24-12-10-21(11-13-24)22-14-16-25(17-15-22)30(18-19-30)29(33)34/h2-4,6-7,9-17,32H,5,8,18-19H2,1H3,(H,33,34)/b27-9-. The number of carbonyl (C=O) groups is 1. The molecule has 0 unspecified atom stereocenters. The smallest absolute Gasteiger partial charge is 0.314 e. The van der Waals surface area contributed by atoms with Gasteiger partial charge < -0.3 is 14.7 Å². The number of aryl methyl sites for hydroxylation is 1. The minimum atomic E-state index is -0.737. The number of rotatable bonds is 8. The van der Waals surface area contributed by atoms with Crippen LogP contribution in [0.1, 0.15) is 41.6 Å². The molecule has 0 radical (unpaired) electrons. The molecule has 176 valence electrons. The zero-order valence-electron chi connectivity index (χ0n) is 19.6. The summed E-state index contributed by atoms with van der Waals surface area (Å²) in [5.41, 5.74) is 5.90. The van der Waals surface area contributed by atoms with Crippen LogP contribution >= 0.6 is 0 Å². The Hall–Kier alpha value is -4.12. The van der Waals surface area contributed by atoms with Crippen molar-refractivity contribution in [3.63, 3.8) is 0 Å². The first-order chi connectivity index (χ1) is 17.0.